The molecule has 0 unspecified atom stereocenters. The Labute approximate surface area is 102 Å². The van der Waals surface area contributed by atoms with Crippen LogP contribution in [0.3, 0.4) is 0 Å². The molecular weight excluding hydrogens is 214 g/mol. The molecule has 5 heteroatoms. The second kappa shape index (κ2) is 5.70. The first-order chi connectivity index (χ1) is 8.33. The van der Waals surface area contributed by atoms with E-state index >= 15 is 0 Å². The van der Waals surface area contributed by atoms with Crippen LogP contribution in [0.2, 0.25) is 0 Å². The third-order valence-electron chi connectivity index (χ3n) is 3.09. The molecule has 0 spiro atoms. The fourth-order valence-corrected chi connectivity index (χ4v) is 2.09. The molecule has 3 N–H and O–H groups in total. The summed E-state index contributed by atoms with van der Waals surface area (Å²) in [6.45, 7) is 5.18. The van der Waals surface area contributed by atoms with Gasteiger partial charge in [0.25, 0.3) is 0 Å². The maximum atomic E-state index is 6.12. The molecule has 0 aliphatic carbocycles. The average molecular weight is 235 g/mol. The summed E-state index contributed by atoms with van der Waals surface area (Å²) in [7, 11) is 0. The molecule has 1 aliphatic heterocycles. The standard InChI is InChI=1S/C12H21N5/c1-2-3-6-14-11-10(13)12(16-9-15-11)17-7-4-5-8-17/h9H,2-8,13H2,1H3,(H,14,15,16). The Morgan fingerprint density at radius 3 is 2.82 bits per heavy atom. The Morgan fingerprint density at radius 2 is 2.12 bits per heavy atom. The molecule has 17 heavy (non-hydrogen) atoms. The first-order valence-electron chi connectivity index (χ1n) is 6.42. The maximum Gasteiger partial charge on any atom is 0.157 e. The van der Waals surface area contributed by atoms with E-state index in [1.54, 1.807) is 6.33 Å². The zero-order valence-electron chi connectivity index (χ0n) is 10.4. The molecule has 2 heterocycles. The SMILES string of the molecule is CCCCNc1ncnc(N2CCCC2)c1N. The summed E-state index contributed by atoms with van der Waals surface area (Å²) in [5.74, 6) is 1.66. The average Bonchev–Trinajstić information content (AvgIpc) is 2.85. The van der Waals surface area contributed by atoms with Gasteiger partial charge in [0.1, 0.15) is 12.0 Å². The molecule has 1 saturated heterocycles. The largest absolute Gasteiger partial charge is 0.393 e. The molecule has 0 aromatic carbocycles. The van der Waals surface area contributed by atoms with Gasteiger partial charge in [-0.25, -0.2) is 9.97 Å². The Kier molecular flexibility index (Phi) is 4.01. The highest BCUT2D eigenvalue weighted by atomic mass is 15.2. The van der Waals surface area contributed by atoms with E-state index in [0.29, 0.717) is 5.69 Å². The van der Waals surface area contributed by atoms with E-state index in [0.717, 1.165) is 44.1 Å². The molecule has 0 amide bonds. The first-order valence-corrected chi connectivity index (χ1v) is 6.42. The summed E-state index contributed by atoms with van der Waals surface area (Å²) in [5.41, 5.74) is 6.80. The number of nitrogens with zero attached hydrogens (tertiary/aromatic N) is 3. The Morgan fingerprint density at radius 1 is 1.35 bits per heavy atom. The van der Waals surface area contributed by atoms with Gasteiger partial charge < -0.3 is 16.0 Å². The summed E-state index contributed by atoms with van der Waals surface area (Å²) in [6, 6.07) is 0. The zero-order valence-corrected chi connectivity index (χ0v) is 10.4. The van der Waals surface area contributed by atoms with Gasteiger partial charge in [-0.15, -0.1) is 0 Å². The molecule has 0 bridgehead atoms. The minimum Gasteiger partial charge on any atom is -0.393 e. The monoisotopic (exact) mass is 235 g/mol. The van der Waals surface area contributed by atoms with E-state index in [-0.39, 0.29) is 0 Å². The number of nitrogens with two attached hydrogens (primary N) is 1. The van der Waals surface area contributed by atoms with Crippen molar-refractivity contribution >= 4 is 17.3 Å². The van der Waals surface area contributed by atoms with Gasteiger partial charge in [-0.05, 0) is 19.3 Å². The minimum absolute atomic E-state index is 0.686. The normalized spacial score (nSPS) is 15.2. The van der Waals surface area contributed by atoms with Crippen LogP contribution in [0.4, 0.5) is 17.3 Å². The van der Waals surface area contributed by atoms with Gasteiger partial charge in [-0.2, -0.15) is 0 Å². The molecule has 0 atom stereocenters. The molecule has 94 valence electrons. The van der Waals surface area contributed by atoms with Crippen LogP contribution in [-0.4, -0.2) is 29.6 Å². The third-order valence-corrected chi connectivity index (χ3v) is 3.09. The molecular formula is C12H21N5. The van der Waals surface area contributed by atoms with Crippen molar-refractivity contribution in [2.45, 2.75) is 32.6 Å². The Bertz CT molecular complexity index is 360. The van der Waals surface area contributed by atoms with Gasteiger partial charge in [0.2, 0.25) is 0 Å². The quantitative estimate of drug-likeness (QED) is 0.763. The highest BCUT2D eigenvalue weighted by Crippen LogP contribution is 2.28. The smallest absolute Gasteiger partial charge is 0.157 e. The second-order valence-corrected chi connectivity index (χ2v) is 4.43. The predicted octanol–water partition coefficient (Wildman–Crippen LogP) is 1.87. The lowest BCUT2D eigenvalue weighted by atomic mass is 10.3. The third kappa shape index (κ3) is 2.78. The van der Waals surface area contributed by atoms with Crippen LogP contribution < -0.4 is 16.0 Å². The number of anilines is 3. The number of nitrogen functional groups attached to an aromatic ring is 1. The molecule has 1 aliphatic rings. The molecule has 0 radical (unpaired) electrons. The van der Waals surface area contributed by atoms with Crippen molar-refractivity contribution in [2.75, 3.05) is 35.6 Å². The van der Waals surface area contributed by atoms with Gasteiger partial charge in [0.05, 0.1) is 0 Å². The van der Waals surface area contributed by atoms with Crippen LogP contribution in [0.25, 0.3) is 0 Å². The van der Waals surface area contributed by atoms with Gasteiger partial charge in [0, 0.05) is 19.6 Å². The number of aromatic nitrogens is 2. The van der Waals surface area contributed by atoms with Crippen molar-refractivity contribution in [1.82, 2.24) is 9.97 Å². The maximum absolute atomic E-state index is 6.12. The molecule has 5 nitrogen and oxygen atoms in total. The van der Waals surface area contributed by atoms with Crippen LogP contribution in [0.15, 0.2) is 6.33 Å². The molecule has 1 aromatic heterocycles. The van der Waals surface area contributed by atoms with Crippen molar-refractivity contribution in [3.05, 3.63) is 6.33 Å². The lowest BCUT2D eigenvalue weighted by Gasteiger charge is -2.19. The van der Waals surface area contributed by atoms with Crippen molar-refractivity contribution in [1.29, 1.82) is 0 Å². The first kappa shape index (κ1) is 12.0. The van der Waals surface area contributed by atoms with Crippen molar-refractivity contribution in [2.24, 2.45) is 0 Å². The Hall–Kier alpha value is -1.52. The van der Waals surface area contributed by atoms with Gasteiger partial charge in [-0.3, -0.25) is 0 Å². The highest BCUT2D eigenvalue weighted by molar-refractivity contribution is 5.75. The van der Waals surface area contributed by atoms with Crippen LogP contribution in [-0.2, 0) is 0 Å². The molecule has 1 aromatic rings. The minimum atomic E-state index is 0.686. The van der Waals surface area contributed by atoms with E-state index in [1.807, 2.05) is 0 Å². The number of unbranched alkanes of at least 4 members (excludes halogenated alkanes) is 1. The van der Waals surface area contributed by atoms with Crippen LogP contribution >= 0.6 is 0 Å². The Balaban J connectivity index is 2.09. The molecule has 1 fully saturated rings. The van der Waals surface area contributed by atoms with E-state index in [4.69, 9.17) is 5.73 Å². The second-order valence-electron chi connectivity index (χ2n) is 4.43. The van der Waals surface area contributed by atoms with Crippen molar-refractivity contribution in [3.8, 4) is 0 Å². The van der Waals surface area contributed by atoms with E-state index in [9.17, 15) is 0 Å². The highest BCUT2D eigenvalue weighted by Gasteiger charge is 2.18. The fourth-order valence-electron chi connectivity index (χ4n) is 2.09. The van der Waals surface area contributed by atoms with Crippen LogP contribution in [0.1, 0.15) is 32.6 Å². The van der Waals surface area contributed by atoms with Gasteiger partial charge in [0.15, 0.2) is 11.6 Å². The lowest BCUT2D eigenvalue weighted by Crippen LogP contribution is -2.21. The van der Waals surface area contributed by atoms with Gasteiger partial charge in [-0.1, -0.05) is 13.3 Å². The number of nitrogens with one attached hydrogen (secondary N) is 1. The predicted molar refractivity (Wildman–Crippen MR) is 71.3 cm³/mol. The summed E-state index contributed by atoms with van der Waals surface area (Å²) < 4.78 is 0. The van der Waals surface area contributed by atoms with Gasteiger partial charge >= 0.3 is 0 Å². The van der Waals surface area contributed by atoms with Crippen LogP contribution in [0.5, 0.6) is 0 Å². The van der Waals surface area contributed by atoms with E-state index in [1.165, 1.54) is 12.8 Å². The molecule has 0 saturated carbocycles. The van der Waals surface area contributed by atoms with Crippen molar-refractivity contribution < 1.29 is 0 Å². The number of hydrogen-bond donors (Lipinski definition) is 2. The zero-order chi connectivity index (χ0) is 12.1. The lowest BCUT2D eigenvalue weighted by molar-refractivity contribution is 0.830. The summed E-state index contributed by atoms with van der Waals surface area (Å²) >= 11 is 0. The summed E-state index contributed by atoms with van der Waals surface area (Å²) in [5, 5.41) is 3.27. The summed E-state index contributed by atoms with van der Waals surface area (Å²) in [4.78, 5) is 10.7. The van der Waals surface area contributed by atoms with Crippen molar-refractivity contribution in [3.63, 3.8) is 0 Å². The number of rotatable bonds is 5. The topological polar surface area (TPSA) is 67.1 Å². The fraction of sp³-hybridized carbons (Fsp3) is 0.667. The van der Waals surface area contributed by atoms with E-state index < -0.39 is 0 Å². The van der Waals surface area contributed by atoms with Crippen LogP contribution in [0, 0.1) is 0 Å². The number of hydrogen-bond acceptors (Lipinski definition) is 5. The summed E-state index contributed by atoms with van der Waals surface area (Å²) in [6.07, 6.45) is 6.34. The van der Waals surface area contributed by atoms with E-state index in [2.05, 4.69) is 27.1 Å². The molecule has 2 rings (SSSR count).